The number of hydrogen-bond acceptors (Lipinski definition) is 4. The van der Waals surface area contributed by atoms with Gasteiger partial charge in [-0.05, 0) is 17.7 Å². The smallest absolute Gasteiger partial charge is 0.417 e. The van der Waals surface area contributed by atoms with Crippen LogP contribution in [0.25, 0.3) is 11.8 Å². The Kier molecular flexibility index (Phi) is 5.74. The SMILES string of the molecule is COc1cc(OC)c(C2OC(c3ccccc3C(F)(F)F)=Cc3ccccc32)c(OC)c1. The fourth-order valence-electron chi connectivity index (χ4n) is 3.84. The summed E-state index contributed by atoms with van der Waals surface area (Å²) in [6.07, 6.45) is -3.66. The lowest BCUT2D eigenvalue weighted by atomic mass is 9.91. The fourth-order valence-corrected chi connectivity index (χ4v) is 3.84. The Morgan fingerprint density at radius 1 is 0.812 bits per heavy atom. The minimum atomic E-state index is -4.53. The lowest BCUT2D eigenvalue weighted by Gasteiger charge is -2.30. The maximum absolute atomic E-state index is 13.7. The van der Waals surface area contributed by atoms with E-state index in [2.05, 4.69) is 0 Å². The highest BCUT2D eigenvalue weighted by atomic mass is 19.4. The molecular weight excluding hydrogens is 421 g/mol. The van der Waals surface area contributed by atoms with Crippen molar-refractivity contribution >= 4 is 11.8 Å². The Balaban J connectivity index is 1.92. The molecule has 4 nitrogen and oxygen atoms in total. The number of ether oxygens (including phenoxy) is 4. The van der Waals surface area contributed by atoms with Gasteiger partial charge in [0.1, 0.15) is 23.0 Å². The zero-order valence-electron chi connectivity index (χ0n) is 17.7. The van der Waals surface area contributed by atoms with E-state index in [1.165, 1.54) is 33.5 Å². The lowest BCUT2D eigenvalue weighted by molar-refractivity contribution is -0.138. The largest absolute Gasteiger partial charge is 0.496 e. The van der Waals surface area contributed by atoms with Crippen molar-refractivity contribution in [2.45, 2.75) is 12.3 Å². The Morgan fingerprint density at radius 2 is 1.44 bits per heavy atom. The van der Waals surface area contributed by atoms with E-state index in [0.29, 0.717) is 22.8 Å². The van der Waals surface area contributed by atoms with Crippen molar-refractivity contribution in [2.75, 3.05) is 21.3 Å². The van der Waals surface area contributed by atoms with Crippen molar-refractivity contribution in [1.29, 1.82) is 0 Å². The van der Waals surface area contributed by atoms with Crippen molar-refractivity contribution in [3.63, 3.8) is 0 Å². The van der Waals surface area contributed by atoms with E-state index in [-0.39, 0.29) is 11.3 Å². The first-order valence-electron chi connectivity index (χ1n) is 9.81. The summed E-state index contributed by atoms with van der Waals surface area (Å²) < 4.78 is 63.8. The van der Waals surface area contributed by atoms with Crippen LogP contribution in [-0.4, -0.2) is 21.3 Å². The number of hydrogen-bond donors (Lipinski definition) is 0. The molecule has 1 aliphatic heterocycles. The number of alkyl halides is 3. The van der Waals surface area contributed by atoms with Crippen molar-refractivity contribution in [1.82, 2.24) is 0 Å². The molecule has 0 aliphatic carbocycles. The van der Waals surface area contributed by atoms with Gasteiger partial charge in [0.05, 0.1) is 32.5 Å². The molecule has 3 aromatic carbocycles. The standard InChI is InChI=1S/C25H21F3O4/c1-29-16-13-21(30-2)23(22(14-16)31-3)24-17-9-5-4-8-15(17)12-20(32-24)18-10-6-7-11-19(18)25(26,27)28/h4-14,24H,1-3H3. The number of rotatable bonds is 5. The van der Waals surface area contributed by atoms with Gasteiger partial charge >= 0.3 is 6.18 Å². The molecule has 1 unspecified atom stereocenters. The van der Waals surface area contributed by atoms with Crippen molar-refractivity contribution in [2.24, 2.45) is 0 Å². The molecule has 0 aromatic heterocycles. The van der Waals surface area contributed by atoms with Gasteiger partial charge in [-0.25, -0.2) is 0 Å². The number of fused-ring (bicyclic) bond motifs is 1. The predicted octanol–water partition coefficient (Wildman–Crippen LogP) is 6.35. The van der Waals surface area contributed by atoms with E-state index in [0.717, 1.165) is 17.2 Å². The highest BCUT2D eigenvalue weighted by Crippen LogP contribution is 2.48. The van der Waals surface area contributed by atoms with Gasteiger partial charge in [-0.15, -0.1) is 0 Å². The first-order chi connectivity index (χ1) is 15.4. The maximum Gasteiger partial charge on any atom is 0.417 e. The van der Waals surface area contributed by atoms with Gasteiger partial charge in [0.15, 0.2) is 6.10 Å². The molecule has 1 atom stereocenters. The Morgan fingerprint density at radius 3 is 2.06 bits per heavy atom. The van der Waals surface area contributed by atoms with Gasteiger partial charge in [0.25, 0.3) is 0 Å². The average molecular weight is 442 g/mol. The second-order valence-electron chi connectivity index (χ2n) is 7.12. The van der Waals surface area contributed by atoms with Crippen LogP contribution >= 0.6 is 0 Å². The molecule has 4 rings (SSSR count). The summed E-state index contributed by atoms with van der Waals surface area (Å²) in [4.78, 5) is 0. The summed E-state index contributed by atoms with van der Waals surface area (Å²) >= 11 is 0. The maximum atomic E-state index is 13.7. The summed E-state index contributed by atoms with van der Waals surface area (Å²) in [5.74, 6) is 1.50. The molecule has 166 valence electrons. The van der Waals surface area contributed by atoms with Gasteiger partial charge < -0.3 is 18.9 Å². The highest BCUT2D eigenvalue weighted by molar-refractivity contribution is 5.82. The van der Waals surface area contributed by atoms with Crippen LogP contribution < -0.4 is 14.2 Å². The molecule has 7 heteroatoms. The van der Waals surface area contributed by atoms with E-state index in [4.69, 9.17) is 18.9 Å². The summed E-state index contributed by atoms with van der Waals surface area (Å²) in [6, 6.07) is 16.1. The molecule has 1 heterocycles. The van der Waals surface area contributed by atoms with E-state index < -0.39 is 17.8 Å². The van der Waals surface area contributed by atoms with Crippen molar-refractivity contribution < 1.29 is 32.1 Å². The van der Waals surface area contributed by atoms with Gasteiger partial charge in [-0.3, -0.25) is 0 Å². The van der Waals surface area contributed by atoms with E-state index >= 15 is 0 Å². The summed E-state index contributed by atoms with van der Waals surface area (Å²) in [5, 5.41) is 0. The first kappa shape index (κ1) is 21.6. The fraction of sp³-hybridized carbons (Fsp3) is 0.200. The molecule has 0 N–H and O–H groups in total. The average Bonchev–Trinajstić information content (AvgIpc) is 2.81. The van der Waals surface area contributed by atoms with E-state index in [1.54, 1.807) is 24.3 Å². The van der Waals surface area contributed by atoms with Gasteiger partial charge in [0.2, 0.25) is 0 Å². The number of benzene rings is 3. The normalized spacial score (nSPS) is 15.3. The summed E-state index contributed by atoms with van der Waals surface area (Å²) in [5.41, 5.74) is 1.28. The molecule has 3 aromatic rings. The van der Waals surface area contributed by atoms with Crippen molar-refractivity contribution in [3.05, 3.63) is 88.5 Å². The molecule has 0 bridgehead atoms. The van der Waals surface area contributed by atoms with Crippen LogP contribution in [0.4, 0.5) is 13.2 Å². The molecule has 0 saturated carbocycles. The van der Waals surface area contributed by atoms with Crippen LogP contribution in [0.3, 0.4) is 0 Å². The van der Waals surface area contributed by atoms with E-state index in [1.807, 2.05) is 24.3 Å². The topological polar surface area (TPSA) is 36.9 Å². The summed E-state index contributed by atoms with van der Waals surface area (Å²) in [6.45, 7) is 0. The quantitative estimate of drug-likeness (QED) is 0.462. The van der Waals surface area contributed by atoms with Crippen LogP contribution in [0.2, 0.25) is 0 Å². The minimum absolute atomic E-state index is 0.0362. The second-order valence-corrected chi connectivity index (χ2v) is 7.12. The highest BCUT2D eigenvalue weighted by Gasteiger charge is 2.37. The third kappa shape index (κ3) is 3.86. The van der Waals surface area contributed by atoms with Crippen LogP contribution in [0.1, 0.15) is 33.9 Å². The number of methoxy groups -OCH3 is 3. The van der Waals surface area contributed by atoms with Gasteiger partial charge in [-0.1, -0.05) is 42.5 Å². The van der Waals surface area contributed by atoms with Gasteiger partial charge in [0, 0.05) is 23.3 Å². The Labute approximate surface area is 183 Å². The van der Waals surface area contributed by atoms with Crippen LogP contribution in [0.15, 0.2) is 60.7 Å². The van der Waals surface area contributed by atoms with Crippen LogP contribution in [0, 0.1) is 0 Å². The third-order valence-corrected chi connectivity index (χ3v) is 5.32. The van der Waals surface area contributed by atoms with Crippen molar-refractivity contribution in [3.8, 4) is 17.2 Å². The number of halogens is 3. The molecule has 0 spiro atoms. The molecule has 0 radical (unpaired) electrons. The van der Waals surface area contributed by atoms with Crippen LogP contribution in [0.5, 0.6) is 17.2 Å². The minimum Gasteiger partial charge on any atom is -0.496 e. The Bertz CT molecular complexity index is 1140. The predicted molar refractivity (Wildman–Crippen MR) is 115 cm³/mol. The third-order valence-electron chi connectivity index (χ3n) is 5.32. The summed E-state index contributed by atoms with van der Waals surface area (Å²) in [7, 11) is 4.53. The monoisotopic (exact) mass is 442 g/mol. The van der Waals surface area contributed by atoms with E-state index in [9.17, 15) is 13.2 Å². The molecule has 1 aliphatic rings. The zero-order valence-corrected chi connectivity index (χ0v) is 17.7. The molecule has 0 amide bonds. The molecule has 0 saturated heterocycles. The lowest BCUT2D eigenvalue weighted by Crippen LogP contribution is -2.16. The first-order valence-corrected chi connectivity index (χ1v) is 9.81. The van der Waals surface area contributed by atoms with Crippen LogP contribution in [-0.2, 0) is 10.9 Å². The van der Waals surface area contributed by atoms with Gasteiger partial charge in [-0.2, -0.15) is 13.2 Å². The second kappa shape index (κ2) is 8.49. The molecule has 0 fully saturated rings. The zero-order chi connectivity index (χ0) is 22.9. The Hall–Kier alpha value is -3.61. The molecular formula is C25H21F3O4. The molecule has 32 heavy (non-hydrogen) atoms.